The number of hydrogen-bond donors (Lipinski definition) is 4. The van der Waals surface area contributed by atoms with Crippen LogP contribution < -0.4 is 17.2 Å². The first-order chi connectivity index (χ1) is 20.6. The van der Waals surface area contributed by atoms with Crippen molar-refractivity contribution in [3.63, 3.8) is 0 Å². The van der Waals surface area contributed by atoms with Crippen LogP contribution in [0.25, 0.3) is 28.0 Å². The Morgan fingerprint density at radius 1 is 1.26 bits per heavy atom. The molecule has 4 aromatic rings. The van der Waals surface area contributed by atoms with Crippen LogP contribution >= 0.6 is 23.4 Å². The molecule has 1 fully saturated rings. The normalized spacial score (nSPS) is 18.3. The van der Waals surface area contributed by atoms with Crippen LogP contribution in [0.3, 0.4) is 0 Å². The molecule has 5 rings (SSSR count). The summed E-state index contributed by atoms with van der Waals surface area (Å²) in [5, 5.41) is 8.37. The highest BCUT2D eigenvalue weighted by atomic mass is 35.5. The number of amidine groups is 1. The van der Waals surface area contributed by atoms with Crippen molar-refractivity contribution in [1.82, 2.24) is 19.4 Å². The second-order valence-corrected chi connectivity index (χ2v) is 13.1. The Bertz CT molecular complexity index is 1650. The van der Waals surface area contributed by atoms with Gasteiger partial charge in [0.1, 0.15) is 5.65 Å². The third-order valence-electron chi connectivity index (χ3n) is 8.36. The van der Waals surface area contributed by atoms with E-state index in [4.69, 9.17) is 28.5 Å². The fourth-order valence-electron chi connectivity index (χ4n) is 6.06. The minimum Gasteiger partial charge on any atom is -0.379 e. The van der Waals surface area contributed by atoms with Gasteiger partial charge in [0.25, 0.3) is 0 Å². The number of hydrogen-bond acceptors (Lipinski definition) is 6. The van der Waals surface area contributed by atoms with Gasteiger partial charge in [0, 0.05) is 41.0 Å². The number of fused-ring (bicyclic) bond motifs is 1. The third kappa shape index (κ3) is 7.32. The van der Waals surface area contributed by atoms with E-state index in [1.165, 1.54) is 21.9 Å². The van der Waals surface area contributed by atoms with Crippen LogP contribution in [0.1, 0.15) is 62.6 Å². The summed E-state index contributed by atoms with van der Waals surface area (Å²) in [5.74, 6) is 0.330. The Morgan fingerprint density at radius 3 is 2.74 bits per heavy atom. The van der Waals surface area contributed by atoms with Crippen molar-refractivity contribution in [2.45, 2.75) is 70.0 Å². The molecule has 2 aromatic carbocycles. The van der Waals surface area contributed by atoms with Crippen LogP contribution in [-0.2, 0) is 6.42 Å². The maximum Gasteiger partial charge on any atom is 0.354 e. The maximum absolute atomic E-state index is 15.1. The number of halogens is 2. The van der Waals surface area contributed by atoms with E-state index in [9.17, 15) is 4.79 Å². The number of H-pyrrole nitrogens is 1. The standard InChI is InChI=1S/C32H39ClFN7OS/c1-19(35)5-3-6-20-15-25(29(34)26(33)16-20)27-17-22-18-41(32(42)39-30(22)38-27)24-11-9-21(10-12-24)28-8-4-7-23(40(28)2)13-14-43-31(36)37/h9-12,15-19,23,28H,3-8,13-14,35H2,1-2H3,(H3,36,37)(H,38,39,42)/t19-,23-,28-/m0/s1. The number of aryl methyl sites for hydroxylation is 1. The first-order valence-corrected chi connectivity index (χ1v) is 16.1. The first kappa shape index (κ1) is 31.3. The number of aromatic nitrogens is 3. The molecule has 6 N–H and O–H groups in total. The molecule has 228 valence electrons. The van der Waals surface area contributed by atoms with Crippen molar-refractivity contribution in [1.29, 1.82) is 5.41 Å². The van der Waals surface area contributed by atoms with Crippen LogP contribution in [0, 0.1) is 11.2 Å². The monoisotopic (exact) mass is 623 g/mol. The van der Waals surface area contributed by atoms with E-state index in [2.05, 4.69) is 34.0 Å². The summed E-state index contributed by atoms with van der Waals surface area (Å²) in [6.45, 7) is 1.97. The average Bonchev–Trinajstić information content (AvgIpc) is 3.37. The van der Waals surface area contributed by atoms with Crippen LogP contribution in [-0.4, -0.2) is 49.5 Å². The van der Waals surface area contributed by atoms with E-state index >= 15 is 4.39 Å². The quantitative estimate of drug-likeness (QED) is 0.120. The summed E-state index contributed by atoms with van der Waals surface area (Å²) in [5.41, 5.74) is 15.1. The van der Waals surface area contributed by atoms with Gasteiger partial charge >= 0.3 is 5.69 Å². The van der Waals surface area contributed by atoms with Crippen molar-refractivity contribution < 1.29 is 4.39 Å². The zero-order valence-corrected chi connectivity index (χ0v) is 26.1. The van der Waals surface area contributed by atoms with Gasteiger partial charge in [0.2, 0.25) is 0 Å². The molecule has 0 radical (unpaired) electrons. The van der Waals surface area contributed by atoms with Gasteiger partial charge in [-0.1, -0.05) is 35.5 Å². The number of benzene rings is 2. The lowest BCUT2D eigenvalue weighted by Crippen LogP contribution is -2.39. The summed E-state index contributed by atoms with van der Waals surface area (Å²) in [6.07, 6.45) is 8.56. The highest BCUT2D eigenvalue weighted by Gasteiger charge is 2.28. The number of thioether (sulfide) groups is 1. The fourth-order valence-corrected chi connectivity index (χ4v) is 6.91. The molecule has 0 spiro atoms. The Hall–Kier alpha value is -3.18. The highest BCUT2D eigenvalue weighted by molar-refractivity contribution is 8.13. The molecule has 0 unspecified atom stereocenters. The summed E-state index contributed by atoms with van der Waals surface area (Å²) in [6, 6.07) is 14.2. The summed E-state index contributed by atoms with van der Waals surface area (Å²) in [7, 11) is 2.17. The molecule has 1 aliphatic heterocycles. The van der Waals surface area contributed by atoms with Gasteiger partial charge in [-0.15, -0.1) is 0 Å². The van der Waals surface area contributed by atoms with Crippen LogP contribution in [0.2, 0.25) is 5.02 Å². The van der Waals surface area contributed by atoms with Gasteiger partial charge in [0.05, 0.1) is 16.4 Å². The lowest BCUT2D eigenvalue weighted by atomic mass is 9.90. The van der Waals surface area contributed by atoms with E-state index in [-0.39, 0.29) is 22.3 Å². The summed E-state index contributed by atoms with van der Waals surface area (Å²) < 4.78 is 16.6. The van der Waals surface area contributed by atoms with Crippen molar-refractivity contribution in [2.24, 2.45) is 11.5 Å². The molecule has 0 bridgehead atoms. The van der Waals surface area contributed by atoms with E-state index in [1.807, 2.05) is 19.1 Å². The van der Waals surface area contributed by atoms with Gasteiger partial charge in [-0.05, 0) is 100 Å². The highest BCUT2D eigenvalue weighted by Crippen LogP contribution is 2.35. The summed E-state index contributed by atoms with van der Waals surface area (Å²) >= 11 is 7.66. The third-order valence-corrected chi connectivity index (χ3v) is 9.38. The number of nitrogens with zero attached hydrogens (tertiary/aromatic N) is 3. The lowest BCUT2D eigenvalue weighted by Gasteiger charge is -2.40. The predicted octanol–water partition coefficient (Wildman–Crippen LogP) is 6.39. The first-order valence-electron chi connectivity index (χ1n) is 14.8. The number of nitrogens with two attached hydrogens (primary N) is 2. The number of nitrogens with one attached hydrogen (secondary N) is 2. The Labute approximate surface area is 260 Å². The average molecular weight is 624 g/mol. The molecule has 11 heteroatoms. The number of aromatic amines is 1. The van der Waals surface area contributed by atoms with E-state index in [0.29, 0.717) is 34.0 Å². The molecule has 8 nitrogen and oxygen atoms in total. The van der Waals surface area contributed by atoms with Gasteiger partial charge < -0.3 is 16.5 Å². The van der Waals surface area contributed by atoms with Gasteiger partial charge in [0.15, 0.2) is 11.0 Å². The molecule has 3 heterocycles. The smallest absolute Gasteiger partial charge is 0.354 e. The maximum atomic E-state index is 15.1. The second-order valence-electron chi connectivity index (χ2n) is 11.5. The van der Waals surface area contributed by atoms with Gasteiger partial charge in [-0.25, -0.2) is 9.18 Å². The SMILES string of the molecule is C[C@H](N)CCCc1cc(Cl)c(F)c(-c2cc3cn(-c4ccc([C@@H]5CCC[C@@H](CCSC(=N)N)N5C)cc4)c(=O)nc3[nH]2)c1. The van der Waals surface area contributed by atoms with E-state index < -0.39 is 11.5 Å². The molecular weight excluding hydrogens is 585 g/mol. The van der Waals surface area contributed by atoms with Crippen molar-refractivity contribution in [3.05, 3.63) is 81.1 Å². The van der Waals surface area contributed by atoms with Crippen LogP contribution in [0.5, 0.6) is 0 Å². The zero-order valence-electron chi connectivity index (χ0n) is 24.6. The summed E-state index contributed by atoms with van der Waals surface area (Å²) in [4.78, 5) is 22.9. The van der Waals surface area contributed by atoms with E-state index in [0.717, 1.165) is 56.3 Å². The molecule has 0 saturated carbocycles. The predicted molar refractivity (Wildman–Crippen MR) is 176 cm³/mol. The minimum atomic E-state index is -0.512. The van der Waals surface area contributed by atoms with Crippen molar-refractivity contribution >= 4 is 39.6 Å². The minimum absolute atomic E-state index is 0.0597. The molecule has 43 heavy (non-hydrogen) atoms. The van der Waals surface area contributed by atoms with Crippen LogP contribution in [0.15, 0.2) is 53.5 Å². The zero-order chi connectivity index (χ0) is 30.7. The number of likely N-dealkylation sites (tertiary alicyclic amines) is 1. The molecule has 0 amide bonds. The van der Waals surface area contributed by atoms with Crippen molar-refractivity contribution in [2.75, 3.05) is 12.8 Å². The van der Waals surface area contributed by atoms with E-state index in [1.54, 1.807) is 24.4 Å². The molecule has 2 aromatic heterocycles. The molecular formula is C32H39ClFN7OS. The number of rotatable bonds is 10. The van der Waals surface area contributed by atoms with Crippen molar-refractivity contribution in [3.8, 4) is 16.9 Å². The topological polar surface area (TPSA) is 130 Å². The number of piperidine rings is 1. The molecule has 1 saturated heterocycles. The fraction of sp³-hybridized carbons (Fsp3) is 0.406. The Kier molecular flexibility index (Phi) is 9.91. The lowest BCUT2D eigenvalue weighted by molar-refractivity contribution is 0.112. The van der Waals surface area contributed by atoms with Crippen LogP contribution in [0.4, 0.5) is 4.39 Å². The molecule has 1 aliphatic rings. The largest absolute Gasteiger partial charge is 0.379 e. The van der Waals surface area contributed by atoms with Gasteiger partial charge in [-0.2, -0.15) is 4.98 Å². The molecule has 3 atom stereocenters. The Morgan fingerprint density at radius 2 is 2.02 bits per heavy atom. The Balaban J connectivity index is 1.37. The molecule has 0 aliphatic carbocycles. The van der Waals surface area contributed by atoms with Gasteiger partial charge in [-0.3, -0.25) is 14.9 Å². The second kappa shape index (κ2) is 13.6.